The Morgan fingerprint density at radius 3 is 2.71 bits per heavy atom. The molecular formula is C11H15BrN2. The summed E-state index contributed by atoms with van der Waals surface area (Å²) in [5, 5.41) is 3.55. The van der Waals surface area contributed by atoms with Gasteiger partial charge in [-0.3, -0.25) is 0 Å². The van der Waals surface area contributed by atoms with E-state index in [9.17, 15) is 0 Å². The lowest BCUT2D eigenvalue weighted by Gasteiger charge is -2.14. The second-order valence-electron chi connectivity index (χ2n) is 3.89. The van der Waals surface area contributed by atoms with Crippen molar-refractivity contribution in [3.63, 3.8) is 0 Å². The third-order valence-electron chi connectivity index (χ3n) is 2.77. The topological polar surface area (TPSA) is 24.9 Å². The quantitative estimate of drug-likeness (QED) is 0.818. The fourth-order valence-corrected chi connectivity index (χ4v) is 2.37. The van der Waals surface area contributed by atoms with Crippen LogP contribution in [-0.4, -0.2) is 11.0 Å². The van der Waals surface area contributed by atoms with Gasteiger partial charge in [0.15, 0.2) is 0 Å². The first-order valence-electron chi connectivity index (χ1n) is 5.15. The number of aryl methyl sites for hydroxylation is 1. The van der Waals surface area contributed by atoms with Crippen LogP contribution in [0.3, 0.4) is 0 Å². The third-order valence-corrected chi connectivity index (χ3v) is 3.21. The average molecular weight is 255 g/mol. The predicted molar refractivity (Wildman–Crippen MR) is 62.6 cm³/mol. The van der Waals surface area contributed by atoms with Gasteiger partial charge >= 0.3 is 0 Å². The van der Waals surface area contributed by atoms with Gasteiger partial charge in [-0.2, -0.15) is 0 Å². The summed E-state index contributed by atoms with van der Waals surface area (Å²) in [6, 6.07) is 4.76. The Hall–Kier alpha value is -0.570. The van der Waals surface area contributed by atoms with Crippen LogP contribution in [0.5, 0.6) is 0 Å². The normalized spacial score (nSPS) is 17.3. The molecule has 1 aliphatic rings. The molecule has 0 unspecified atom stereocenters. The van der Waals surface area contributed by atoms with Crippen molar-refractivity contribution in [3.05, 3.63) is 22.4 Å². The van der Waals surface area contributed by atoms with Crippen molar-refractivity contribution < 1.29 is 0 Å². The van der Waals surface area contributed by atoms with E-state index in [-0.39, 0.29) is 0 Å². The van der Waals surface area contributed by atoms with Crippen molar-refractivity contribution in [2.45, 2.75) is 38.6 Å². The molecule has 0 radical (unpaired) electrons. The highest BCUT2D eigenvalue weighted by Crippen LogP contribution is 2.24. The van der Waals surface area contributed by atoms with Crippen LogP contribution in [0.4, 0.5) is 5.69 Å². The molecule has 1 aliphatic carbocycles. The smallest absolute Gasteiger partial charge is 0.106 e. The van der Waals surface area contributed by atoms with E-state index in [2.05, 4.69) is 32.3 Å². The Morgan fingerprint density at radius 2 is 2.07 bits per heavy atom. The van der Waals surface area contributed by atoms with Gasteiger partial charge in [-0.25, -0.2) is 4.98 Å². The zero-order chi connectivity index (χ0) is 9.97. The first-order chi connectivity index (χ1) is 6.75. The molecule has 1 aromatic rings. The summed E-state index contributed by atoms with van der Waals surface area (Å²) in [7, 11) is 0. The van der Waals surface area contributed by atoms with Gasteiger partial charge in [0, 0.05) is 6.04 Å². The first kappa shape index (κ1) is 9.97. The molecule has 1 aromatic heterocycles. The van der Waals surface area contributed by atoms with Gasteiger partial charge in [-0.1, -0.05) is 12.8 Å². The Balaban J connectivity index is 2.08. The molecule has 2 rings (SSSR count). The summed E-state index contributed by atoms with van der Waals surface area (Å²) in [6.45, 7) is 2.04. The molecule has 0 atom stereocenters. The van der Waals surface area contributed by atoms with E-state index in [4.69, 9.17) is 0 Å². The van der Waals surface area contributed by atoms with E-state index < -0.39 is 0 Å². The molecular weight excluding hydrogens is 240 g/mol. The van der Waals surface area contributed by atoms with E-state index in [1.54, 1.807) is 0 Å². The van der Waals surface area contributed by atoms with Gasteiger partial charge in [-0.15, -0.1) is 0 Å². The van der Waals surface area contributed by atoms with Crippen molar-refractivity contribution in [2.24, 2.45) is 0 Å². The highest BCUT2D eigenvalue weighted by Gasteiger charge is 2.15. The van der Waals surface area contributed by atoms with E-state index in [1.807, 2.05) is 13.0 Å². The van der Waals surface area contributed by atoms with Crippen molar-refractivity contribution in [1.82, 2.24) is 4.98 Å². The van der Waals surface area contributed by atoms with Crippen LogP contribution in [0.2, 0.25) is 0 Å². The van der Waals surface area contributed by atoms with Crippen molar-refractivity contribution in [2.75, 3.05) is 5.32 Å². The highest BCUT2D eigenvalue weighted by atomic mass is 79.9. The Morgan fingerprint density at radius 1 is 1.36 bits per heavy atom. The molecule has 1 heterocycles. The molecule has 0 aromatic carbocycles. The predicted octanol–water partition coefficient (Wildman–Crippen LogP) is 3.51. The SMILES string of the molecule is Cc1nc(Br)ccc1NC1CCCC1. The van der Waals surface area contributed by atoms with Crippen LogP contribution < -0.4 is 5.32 Å². The summed E-state index contributed by atoms with van der Waals surface area (Å²) < 4.78 is 0.909. The monoisotopic (exact) mass is 254 g/mol. The molecule has 0 amide bonds. The largest absolute Gasteiger partial charge is 0.381 e. The molecule has 0 spiro atoms. The maximum absolute atomic E-state index is 4.37. The highest BCUT2D eigenvalue weighted by molar-refractivity contribution is 9.10. The zero-order valence-corrected chi connectivity index (χ0v) is 9.97. The van der Waals surface area contributed by atoms with E-state index in [1.165, 1.54) is 31.4 Å². The van der Waals surface area contributed by atoms with Crippen LogP contribution in [0, 0.1) is 6.92 Å². The van der Waals surface area contributed by atoms with Crippen molar-refractivity contribution >= 4 is 21.6 Å². The summed E-state index contributed by atoms with van der Waals surface area (Å²) in [6.07, 6.45) is 5.33. The number of nitrogens with one attached hydrogen (secondary N) is 1. The lowest BCUT2D eigenvalue weighted by atomic mass is 10.2. The van der Waals surface area contributed by atoms with Gasteiger partial charge in [0.1, 0.15) is 4.60 Å². The lowest BCUT2D eigenvalue weighted by Crippen LogP contribution is -2.15. The molecule has 76 valence electrons. The molecule has 0 saturated heterocycles. The minimum Gasteiger partial charge on any atom is -0.381 e. The van der Waals surface area contributed by atoms with Crippen LogP contribution in [0.1, 0.15) is 31.4 Å². The van der Waals surface area contributed by atoms with Crippen molar-refractivity contribution in [1.29, 1.82) is 0 Å². The number of hydrogen-bond donors (Lipinski definition) is 1. The first-order valence-corrected chi connectivity index (χ1v) is 5.95. The summed E-state index contributed by atoms with van der Waals surface area (Å²) in [4.78, 5) is 4.37. The molecule has 1 saturated carbocycles. The van der Waals surface area contributed by atoms with Gasteiger partial charge in [0.05, 0.1) is 11.4 Å². The number of aromatic nitrogens is 1. The van der Waals surface area contributed by atoms with Gasteiger partial charge in [0.2, 0.25) is 0 Å². The van der Waals surface area contributed by atoms with Crippen LogP contribution in [0.15, 0.2) is 16.7 Å². The number of pyridine rings is 1. The van der Waals surface area contributed by atoms with Crippen LogP contribution in [0.25, 0.3) is 0 Å². The number of rotatable bonds is 2. The van der Waals surface area contributed by atoms with E-state index >= 15 is 0 Å². The summed E-state index contributed by atoms with van der Waals surface area (Å²) >= 11 is 3.37. The molecule has 2 nitrogen and oxygen atoms in total. The Bertz CT molecular complexity index is 319. The van der Waals surface area contributed by atoms with Gasteiger partial charge in [0.25, 0.3) is 0 Å². The minimum absolute atomic E-state index is 0.664. The maximum Gasteiger partial charge on any atom is 0.106 e. The average Bonchev–Trinajstić information content (AvgIpc) is 2.62. The summed E-state index contributed by atoms with van der Waals surface area (Å²) in [5.41, 5.74) is 2.26. The van der Waals surface area contributed by atoms with Crippen LogP contribution in [-0.2, 0) is 0 Å². The standard InChI is InChI=1S/C11H15BrN2/c1-8-10(6-7-11(12)13-8)14-9-4-2-3-5-9/h6-7,9,14H,2-5H2,1H3. The Labute approximate surface area is 93.3 Å². The summed E-state index contributed by atoms with van der Waals surface area (Å²) in [5.74, 6) is 0. The zero-order valence-electron chi connectivity index (χ0n) is 8.39. The molecule has 0 bridgehead atoms. The second-order valence-corrected chi connectivity index (χ2v) is 4.71. The second kappa shape index (κ2) is 4.30. The molecule has 3 heteroatoms. The van der Waals surface area contributed by atoms with Crippen molar-refractivity contribution in [3.8, 4) is 0 Å². The maximum atomic E-state index is 4.37. The molecule has 1 fully saturated rings. The number of nitrogens with zero attached hydrogens (tertiary/aromatic N) is 1. The molecule has 14 heavy (non-hydrogen) atoms. The van der Waals surface area contributed by atoms with E-state index in [0.29, 0.717) is 6.04 Å². The number of hydrogen-bond acceptors (Lipinski definition) is 2. The minimum atomic E-state index is 0.664. The van der Waals surface area contributed by atoms with Crippen LogP contribution >= 0.6 is 15.9 Å². The Kier molecular flexibility index (Phi) is 3.06. The fourth-order valence-electron chi connectivity index (χ4n) is 1.97. The fraction of sp³-hybridized carbons (Fsp3) is 0.545. The lowest BCUT2D eigenvalue weighted by molar-refractivity contribution is 0.753. The van der Waals surface area contributed by atoms with Gasteiger partial charge in [-0.05, 0) is 47.8 Å². The van der Waals surface area contributed by atoms with Gasteiger partial charge < -0.3 is 5.32 Å². The van der Waals surface area contributed by atoms with E-state index in [0.717, 1.165) is 10.3 Å². The molecule has 1 N–H and O–H groups in total. The number of anilines is 1. The molecule has 0 aliphatic heterocycles. The number of halogens is 1. The third kappa shape index (κ3) is 2.27.